The minimum Gasteiger partial charge on any atom is -0.126 e. The fraction of sp³-hybridized carbons (Fsp3) is 0.647. The van der Waals surface area contributed by atoms with Crippen molar-refractivity contribution in [2.24, 2.45) is 11.8 Å². The van der Waals surface area contributed by atoms with Gasteiger partial charge in [-0.25, -0.2) is 0 Å². The van der Waals surface area contributed by atoms with Gasteiger partial charge >= 0.3 is 0 Å². The van der Waals surface area contributed by atoms with Gasteiger partial charge < -0.3 is 0 Å². The van der Waals surface area contributed by atoms with Gasteiger partial charge in [0.2, 0.25) is 0 Å². The number of hydrogen-bond acceptors (Lipinski definition) is 0. The lowest BCUT2D eigenvalue weighted by Gasteiger charge is -2.30. The summed E-state index contributed by atoms with van der Waals surface area (Å²) in [6.07, 6.45) is 8.35. The highest BCUT2D eigenvalue weighted by Gasteiger charge is 2.46. The molecule has 2 bridgehead atoms. The van der Waals surface area contributed by atoms with Crippen LogP contribution in [0.25, 0.3) is 0 Å². The van der Waals surface area contributed by atoms with Crippen molar-refractivity contribution in [1.29, 1.82) is 0 Å². The Kier molecular flexibility index (Phi) is 3.40. The molecule has 2 fully saturated rings. The summed E-state index contributed by atoms with van der Waals surface area (Å²) in [5.74, 6) is 2.37. The topological polar surface area (TPSA) is 0 Å². The summed E-state index contributed by atoms with van der Waals surface area (Å²) >= 11 is 5.99. The second-order valence-corrected chi connectivity index (χ2v) is 6.86. The summed E-state index contributed by atoms with van der Waals surface area (Å²) < 4.78 is 0. The first-order valence-corrected chi connectivity index (χ1v) is 7.91. The predicted octanol–water partition coefficient (Wildman–Crippen LogP) is 4.94. The second kappa shape index (κ2) is 4.89. The number of benzene rings is 1. The van der Waals surface area contributed by atoms with E-state index in [4.69, 9.17) is 11.6 Å². The first-order valence-electron chi connectivity index (χ1n) is 7.38. The summed E-state index contributed by atoms with van der Waals surface area (Å²) in [4.78, 5) is 0. The van der Waals surface area contributed by atoms with Crippen molar-refractivity contribution < 1.29 is 0 Å². The number of hydrogen-bond donors (Lipinski definition) is 0. The van der Waals surface area contributed by atoms with E-state index in [9.17, 15) is 0 Å². The number of alkyl halides is 1. The van der Waals surface area contributed by atoms with Crippen molar-refractivity contribution in [1.82, 2.24) is 0 Å². The van der Waals surface area contributed by atoms with Gasteiger partial charge in [0.05, 0.1) is 0 Å². The van der Waals surface area contributed by atoms with Gasteiger partial charge in [0, 0.05) is 5.88 Å². The Labute approximate surface area is 116 Å². The molecule has 0 aliphatic heterocycles. The lowest BCUT2D eigenvalue weighted by Crippen LogP contribution is -2.22. The van der Waals surface area contributed by atoms with Crippen LogP contribution in [0.2, 0.25) is 0 Å². The molecule has 1 aromatic carbocycles. The van der Waals surface area contributed by atoms with Crippen LogP contribution in [0.1, 0.15) is 50.2 Å². The summed E-state index contributed by atoms with van der Waals surface area (Å²) in [5.41, 5.74) is 3.75. The van der Waals surface area contributed by atoms with Gasteiger partial charge in [-0.05, 0) is 66.9 Å². The summed E-state index contributed by atoms with van der Waals surface area (Å²) in [7, 11) is 0. The van der Waals surface area contributed by atoms with Crippen LogP contribution in [0.15, 0.2) is 24.3 Å². The molecule has 2 aliphatic carbocycles. The molecule has 2 saturated carbocycles. The Morgan fingerprint density at radius 2 is 2.00 bits per heavy atom. The highest BCUT2D eigenvalue weighted by molar-refractivity contribution is 6.18. The van der Waals surface area contributed by atoms with Crippen LogP contribution < -0.4 is 0 Å². The molecular weight excluding hydrogens is 240 g/mol. The predicted molar refractivity (Wildman–Crippen MR) is 78.3 cm³/mol. The minimum atomic E-state index is 0.535. The molecule has 0 heterocycles. The lowest BCUT2D eigenvalue weighted by atomic mass is 9.74. The van der Waals surface area contributed by atoms with E-state index in [0.717, 1.165) is 18.2 Å². The molecule has 1 heteroatoms. The summed E-state index contributed by atoms with van der Waals surface area (Å²) in [5, 5.41) is 0. The van der Waals surface area contributed by atoms with E-state index in [1.807, 2.05) is 0 Å². The molecule has 0 nitrogen and oxygen atoms in total. The number of halogens is 1. The molecule has 1 unspecified atom stereocenters. The van der Waals surface area contributed by atoms with E-state index < -0.39 is 0 Å². The first-order chi connectivity index (χ1) is 8.73. The van der Waals surface area contributed by atoms with E-state index >= 15 is 0 Å². The van der Waals surface area contributed by atoms with Gasteiger partial charge in [-0.15, -0.1) is 11.6 Å². The number of rotatable bonds is 4. The first kappa shape index (κ1) is 12.5. The van der Waals surface area contributed by atoms with Crippen LogP contribution in [-0.2, 0) is 11.8 Å². The molecule has 0 aromatic heterocycles. The quantitative estimate of drug-likeness (QED) is 0.675. The zero-order valence-corrected chi connectivity index (χ0v) is 12.0. The Morgan fingerprint density at radius 1 is 1.28 bits per heavy atom. The van der Waals surface area contributed by atoms with Crippen LogP contribution in [0.3, 0.4) is 0 Å². The van der Waals surface area contributed by atoms with Gasteiger partial charge in [-0.2, -0.15) is 0 Å². The molecule has 0 radical (unpaired) electrons. The normalized spacial score (nSPS) is 31.8. The van der Waals surface area contributed by atoms with Gasteiger partial charge in [-0.3, -0.25) is 0 Å². The van der Waals surface area contributed by atoms with Gasteiger partial charge in [-0.1, -0.05) is 31.2 Å². The second-order valence-electron chi connectivity index (χ2n) is 6.55. The van der Waals surface area contributed by atoms with E-state index in [1.165, 1.54) is 32.1 Å². The third kappa shape index (κ3) is 2.09. The average molecular weight is 263 g/mol. The molecule has 3 rings (SSSR count). The Bertz CT molecular complexity index is 415. The SMILES string of the molecule is CC(CCl)Cc1ccccc1C12CCC(CC1)C2. The summed E-state index contributed by atoms with van der Waals surface area (Å²) in [6, 6.07) is 9.14. The van der Waals surface area contributed by atoms with E-state index in [1.54, 1.807) is 11.1 Å². The third-order valence-corrected chi connectivity index (χ3v) is 5.69. The fourth-order valence-electron chi connectivity index (χ4n) is 4.22. The maximum absolute atomic E-state index is 5.99. The van der Waals surface area contributed by atoms with Crippen molar-refractivity contribution in [3.05, 3.63) is 35.4 Å². The fourth-order valence-corrected chi connectivity index (χ4v) is 4.33. The maximum atomic E-state index is 5.99. The highest BCUT2D eigenvalue weighted by Crippen LogP contribution is 2.56. The van der Waals surface area contributed by atoms with E-state index in [2.05, 4.69) is 31.2 Å². The minimum absolute atomic E-state index is 0.535. The largest absolute Gasteiger partial charge is 0.126 e. The van der Waals surface area contributed by atoms with Gasteiger partial charge in [0.25, 0.3) is 0 Å². The molecule has 2 aliphatic rings. The van der Waals surface area contributed by atoms with Crippen LogP contribution in [0.4, 0.5) is 0 Å². The van der Waals surface area contributed by atoms with Crippen LogP contribution in [-0.4, -0.2) is 5.88 Å². The van der Waals surface area contributed by atoms with Crippen LogP contribution in [0.5, 0.6) is 0 Å². The van der Waals surface area contributed by atoms with Crippen LogP contribution >= 0.6 is 11.6 Å². The average Bonchev–Trinajstić information content (AvgIpc) is 3.00. The molecule has 0 spiro atoms. The zero-order valence-electron chi connectivity index (χ0n) is 11.3. The van der Waals surface area contributed by atoms with Crippen molar-refractivity contribution in [3.63, 3.8) is 0 Å². The maximum Gasteiger partial charge on any atom is 0.0252 e. The molecule has 0 N–H and O–H groups in total. The van der Waals surface area contributed by atoms with Gasteiger partial charge in [0.1, 0.15) is 0 Å². The monoisotopic (exact) mass is 262 g/mol. The molecular formula is C17H23Cl. The standard InChI is InChI=1S/C17H23Cl/c1-13(12-18)10-15-4-2-3-5-16(15)17-8-6-14(11-17)7-9-17/h2-5,13-14H,6-12H2,1H3. The van der Waals surface area contributed by atoms with Crippen molar-refractivity contribution in [2.75, 3.05) is 5.88 Å². The van der Waals surface area contributed by atoms with Crippen molar-refractivity contribution in [2.45, 2.75) is 50.9 Å². The highest BCUT2D eigenvalue weighted by atomic mass is 35.5. The van der Waals surface area contributed by atoms with Crippen molar-refractivity contribution in [3.8, 4) is 0 Å². The van der Waals surface area contributed by atoms with Crippen LogP contribution in [0, 0.1) is 11.8 Å². The van der Waals surface area contributed by atoms with Crippen molar-refractivity contribution >= 4 is 11.6 Å². The summed E-state index contributed by atoms with van der Waals surface area (Å²) in [6.45, 7) is 2.26. The molecule has 0 amide bonds. The molecule has 1 aromatic rings. The molecule has 1 atom stereocenters. The Morgan fingerprint density at radius 3 is 2.61 bits per heavy atom. The Hall–Kier alpha value is -0.490. The zero-order chi connectivity index (χ0) is 12.6. The van der Waals surface area contributed by atoms with Gasteiger partial charge in [0.15, 0.2) is 0 Å². The third-order valence-electron chi connectivity index (χ3n) is 5.16. The molecule has 18 heavy (non-hydrogen) atoms. The molecule has 0 saturated heterocycles. The smallest absolute Gasteiger partial charge is 0.0252 e. The van der Waals surface area contributed by atoms with E-state index in [-0.39, 0.29) is 0 Å². The molecule has 98 valence electrons. The van der Waals surface area contributed by atoms with E-state index in [0.29, 0.717) is 11.3 Å². The number of fused-ring (bicyclic) bond motifs is 2. The lowest BCUT2D eigenvalue weighted by molar-refractivity contribution is 0.414. The Balaban J connectivity index is 1.92.